The summed E-state index contributed by atoms with van der Waals surface area (Å²) in [5.74, 6) is 3.52. The standard InChI is InChI=1S/C15H26N6OS/c1-10(2)7-8-12-16-13(22-19-12)9-23-15-18-17-14(20(5)6)21(15)11(3)4/h10-11H,7-9H2,1-6H3. The largest absolute Gasteiger partial charge is 0.347 e. The summed E-state index contributed by atoms with van der Waals surface area (Å²) in [6.45, 7) is 8.63. The Labute approximate surface area is 141 Å². The van der Waals surface area contributed by atoms with Gasteiger partial charge in [-0.15, -0.1) is 10.2 Å². The van der Waals surface area contributed by atoms with Gasteiger partial charge in [-0.2, -0.15) is 4.98 Å². The monoisotopic (exact) mass is 338 g/mol. The van der Waals surface area contributed by atoms with E-state index in [4.69, 9.17) is 4.52 Å². The Balaban J connectivity index is 2.01. The second-order valence-corrected chi connectivity index (χ2v) is 7.41. The molecule has 0 bridgehead atoms. The molecule has 2 heterocycles. The van der Waals surface area contributed by atoms with Crippen LogP contribution in [0.2, 0.25) is 0 Å². The number of hydrogen-bond acceptors (Lipinski definition) is 7. The first-order chi connectivity index (χ1) is 10.9. The molecule has 2 aromatic heterocycles. The molecule has 0 aliphatic heterocycles. The molecule has 2 aromatic rings. The summed E-state index contributed by atoms with van der Waals surface area (Å²) < 4.78 is 7.44. The summed E-state index contributed by atoms with van der Waals surface area (Å²) in [6.07, 6.45) is 1.93. The summed E-state index contributed by atoms with van der Waals surface area (Å²) in [6, 6.07) is 0.286. The number of anilines is 1. The van der Waals surface area contributed by atoms with Crippen LogP contribution < -0.4 is 4.90 Å². The van der Waals surface area contributed by atoms with Crippen LogP contribution >= 0.6 is 11.8 Å². The predicted octanol–water partition coefficient (Wildman–Crippen LogP) is 3.19. The van der Waals surface area contributed by atoms with Gasteiger partial charge in [-0.05, 0) is 26.2 Å². The molecular formula is C15H26N6OS. The average molecular weight is 338 g/mol. The fourth-order valence-corrected chi connectivity index (χ4v) is 3.02. The summed E-state index contributed by atoms with van der Waals surface area (Å²) in [5.41, 5.74) is 0. The van der Waals surface area contributed by atoms with Crippen LogP contribution in [0.3, 0.4) is 0 Å². The predicted molar refractivity (Wildman–Crippen MR) is 91.8 cm³/mol. The smallest absolute Gasteiger partial charge is 0.237 e. The summed E-state index contributed by atoms with van der Waals surface area (Å²) in [4.78, 5) is 6.41. The van der Waals surface area contributed by atoms with Crippen molar-refractivity contribution in [2.24, 2.45) is 5.92 Å². The first kappa shape index (κ1) is 17.8. The maximum atomic E-state index is 5.32. The molecule has 0 N–H and O–H groups in total. The maximum Gasteiger partial charge on any atom is 0.237 e. The van der Waals surface area contributed by atoms with Gasteiger partial charge in [0.05, 0.1) is 5.75 Å². The lowest BCUT2D eigenvalue weighted by molar-refractivity contribution is 0.383. The van der Waals surface area contributed by atoms with Crippen molar-refractivity contribution in [2.75, 3.05) is 19.0 Å². The molecule has 0 spiro atoms. The lowest BCUT2D eigenvalue weighted by atomic mass is 10.1. The summed E-state index contributed by atoms with van der Waals surface area (Å²) in [5, 5.41) is 13.4. The van der Waals surface area contributed by atoms with Gasteiger partial charge in [-0.3, -0.25) is 4.57 Å². The van der Waals surface area contributed by atoms with Crippen molar-refractivity contribution in [3.8, 4) is 0 Å². The Hall–Kier alpha value is -1.57. The fourth-order valence-electron chi connectivity index (χ4n) is 2.12. The van der Waals surface area contributed by atoms with Crippen molar-refractivity contribution in [1.82, 2.24) is 24.9 Å². The zero-order chi connectivity index (χ0) is 17.0. The van der Waals surface area contributed by atoms with E-state index in [1.54, 1.807) is 11.8 Å². The molecule has 128 valence electrons. The Bertz CT molecular complexity index is 619. The second-order valence-electron chi connectivity index (χ2n) is 6.47. The normalized spacial score (nSPS) is 11.7. The van der Waals surface area contributed by atoms with E-state index in [0.29, 0.717) is 17.6 Å². The van der Waals surface area contributed by atoms with Crippen LogP contribution in [0.5, 0.6) is 0 Å². The van der Waals surface area contributed by atoms with E-state index in [1.807, 2.05) is 19.0 Å². The van der Waals surface area contributed by atoms with Crippen LogP contribution in [0.1, 0.15) is 51.9 Å². The van der Waals surface area contributed by atoms with Gasteiger partial charge in [0.1, 0.15) is 0 Å². The number of rotatable bonds is 8. The van der Waals surface area contributed by atoms with Crippen LogP contribution in [0, 0.1) is 5.92 Å². The minimum absolute atomic E-state index is 0.286. The molecule has 0 atom stereocenters. The van der Waals surface area contributed by atoms with Crippen molar-refractivity contribution in [2.45, 2.75) is 57.5 Å². The lowest BCUT2D eigenvalue weighted by Gasteiger charge is -2.17. The van der Waals surface area contributed by atoms with E-state index >= 15 is 0 Å². The molecule has 0 aliphatic carbocycles. The van der Waals surface area contributed by atoms with Gasteiger partial charge < -0.3 is 9.42 Å². The van der Waals surface area contributed by atoms with Gasteiger partial charge in [-0.1, -0.05) is 30.8 Å². The molecule has 8 heteroatoms. The van der Waals surface area contributed by atoms with Crippen molar-refractivity contribution < 1.29 is 4.52 Å². The van der Waals surface area contributed by atoms with Gasteiger partial charge in [-0.25, -0.2) is 0 Å². The topological polar surface area (TPSA) is 72.9 Å². The lowest BCUT2D eigenvalue weighted by Crippen LogP contribution is -2.17. The maximum absolute atomic E-state index is 5.32. The molecule has 0 fully saturated rings. The molecule has 0 radical (unpaired) electrons. The third-order valence-electron chi connectivity index (χ3n) is 3.34. The van der Waals surface area contributed by atoms with E-state index in [0.717, 1.165) is 29.8 Å². The van der Waals surface area contributed by atoms with Gasteiger partial charge in [0.25, 0.3) is 0 Å². The highest BCUT2D eigenvalue weighted by Crippen LogP contribution is 2.27. The van der Waals surface area contributed by atoms with Crippen molar-refractivity contribution in [3.05, 3.63) is 11.7 Å². The van der Waals surface area contributed by atoms with Crippen molar-refractivity contribution >= 4 is 17.7 Å². The Kier molecular flexibility index (Phi) is 6.04. The van der Waals surface area contributed by atoms with Crippen LogP contribution in [0.15, 0.2) is 9.68 Å². The molecule has 2 rings (SSSR count). The van der Waals surface area contributed by atoms with Gasteiger partial charge in [0, 0.05) is 26.6 Å². The highest BCUT2D eigenvalue weighted by Gasteiger charge is 2.17. The van der Waals surface area contributed by atoms with Crippen LogP contribution in [0.4, 0.5) is 5.95 Å². The minimum Gasteiger partial charge on any atom is -0.347 e. The fraction of sp³-hybridized carbons (Fsp3) is 0.733. The molecule has 7 nitrogen and oxygen atoms in total. The Morgan fingerprint density at radius 3 is 2.52 bits per heavy atom. The van der Waals surface area contributed by atoms with Gasteiger partial charge in [0.15, 0.2) is 11.0 Å². The van der Waals surface area contributed by atoms with Gasteiger partial charge in [0.2, 0.25) is 11.8 Å². The zero-order valence-corrected chi connectivity index (χ0v) is 15.6. The molecule has 0 saturated carbocycles. The van der Waals surface area contributed by atoms with E-state index in [-0.39, 0.29) is 6.04 Å². The zero-order valence-electron chi connectivity index (χ0n) is 14.8. The van der Waals surface area contributed by atoms with E-state index in [9.17, 15) is 0 Å². The highest BCUT2D eigenvalue weighted by molar-refractivity contribution is 7.98. The first-order valence-electron chi connectivity index (χ1n) is 7.95. The summed E-state index contributed by atoms with van der Waals surface area (Å²) in [7, 11) is 3.94. The molecular weight excluding hydrogens is 312 g/mol. The number of hydrogen-bond donors (Lipinski definition) is 0. The Morgan fingerprint density at radius 1 is 1.17 bits per heavy atom. The Morgan fingerprint density at radius 2 is 1.91 bits per heavy atom. The van der Waals surface area contributed by atoms with Crippen LogP contribution in [0.25, 0.3) is 0 Å². The third kappa shape index (κ3) is 4.70. The summed E-state index contributed by atoms with van der Waals surface area (Å²) >= 11 is 1.57. The second kappa shape index (κ2) is 7.81. The molecule has 0 unspecified atom stereocenters. The van der Waals surface area contributed by atoms with Crippen LogP contribution in [-0.2, 0) is 12.2 Å². The average Bonchev–Trinajstić information content (AvgIpc) is 3.09. The number of aromatic nitrogens is 5. The van der Waals surface area contributed by atoms with E-state index in [1.165, 1.54) is 0 Å². The van der Waals surface area contributed by atoms with Crippen LogP contribution in [-0.4, -0.2) is 39.0 Å². The molecule has 0 aromatic carbocycles. The molecule has 0 amide bonds. The van der Waals surface area contributed by atoms with Crippen molar-refractivity contribution in [1.29, 1.82) is 0 Å². The number of thioether (sulfide) groups is 1. The number of aryl methyl sites for hydroxylation is 1. The SMILES string of the molecule is CC(C)CCc1noc(CSc2nnc(N(C)C)n2C(C)C)n1. The first-order valence-corrected chi connectivity index (χ1v) is 8.93. The highest BCUT2D eigenvalue weighted by atomic mass is 32.2. The van der Waals surface area contributed by atoms with E-state index < -0.39 is 0 Å². The quantitative estimate of drug-likeness (QED) is 0.684. The van der Waals surface area contributed by atoms with E-state index in [2.05, 4.69) is 52.6 Å². The minimum atomic E-state index is 0.286. The van der Waals surface area contributed by atoms with Crippen molar-refractivity contribution in [3.63, 3.8) is 0 Å². The molecule has 0 aliphatic rings. The third-order valence-corrected chi connectivity index (χ3v) is 4.27. The molecule has 0 saturated heterocycles. The van der Waals surface area contributed by atoms with Gasteiger partial charge >= 0.3 is 0 Å². The molecule has 23 heavy (non-hydrogen) atoms. The number of nitrogens with zero attached hydrogens (tertiary/aromatic N) is 6.